The van der Waals surface area contributed by atoms with Crippen LogP contribution in [-0.4, -0.2) is 18.5 Å². The summed E-state index contributed by atoms with van der Waals surface area (Å²) in [7, 11) is 0. The van der Waals surface area contributed by atoms with E-state index in [0.29, 0.717) is 23.2 Å². The summed E-state index contributed by atoms with van der Waals surface area (Å²) in [5.74, 6) is 0.471. The molecular formula is C13H24N2O. The van der Waals surface area contributed by atoms with Crippen LogP contribution in [0, 0.1) is 16.7 Å². The minimum atomic E-state index is -0.456. The normalized spacial score (nSPS) is 23.6. The summed E-state index contributed by atoms with van der Waals surface area (Å²) in [6.45, 7) is 13.3. The van der Waals surface area contributed by atoms with E-state index >= 15 is 0 Å². The largest absolute Gasteiger partial charge is 0.354 e. The second kappa shape index (κ2) is 4.21. The van der Waals surface area contributed by atoms with E-state index in [2.05, 4.69) is 39.6 Å². The molecule has 1 rings (SSSR count). The maximum atomic E-state index is 11.6. The number of hydrogen-bond donors (Lipinski definition) is 2. The molecule has 16 heavy (non-hydrogen) atoms. The summed E-state index contributed by atoms with van der Waals surface area (Å²) in [6, 6.07) is -0.456. The molecule has 1 unspecified atom stereocenters. The first-order chi connectivity index (χ1) is 7.25. The minimum Gasteiger partial charge on any atom is -0.354 e. The van der Waals surface area contributed by atoms with Crippen LogP contribution in [0.2, 0.25) is 0 Å². The van der Waals surface area contributed by atoms with Crippen LogP contribution in [-0.2, 0) is 4.79 Å². The third kappa shape index (κ3) is 2.14. The molecule has 92 valence electrons. The lowest BCUT2D eigenvalue weighted by atomic mass is 10.0. The number of nitrogens with two attached hydrogens (primary N) is 1. The van der Waals surface area contributed by atoms with Crippen LogP contribution in [0.4, 0.5) is 0 Å². The lowest BCUT2D eigenvalue weighted by Crippen LogP contribution is -2.41. The van der Waals surface area contributed by atoms with Crippen LogP contribution in [0.1, 0.15) is 34.1 Å². The monoisotopic (exact) mass is 224 g/mol. The predicted octanol–water partition coefficient (Wildman–Crippen LogP) is 1.69. The Morgan fingerprint density at radius 1 is 1.44 bits per heavy atom. The number of hydrogen-bond acceptors (Lipinski definition) is 2. The molecule has 1 atom stereocenters. The van der Waals surface area contributed by atoms with Crippen LogP contribution in [0.5, 0.6) is 0 Å². The van der Waals surface area contributed by atoms with Crippen LogP contribution in [0.3, 0.4) is 0 Å². The summed E-state index contributed by atoms with van der Waals surface area (Å²) in [4.78, 5) is 11.6. The van der Waals surface area contributed by atoms with Gasteiger partial charge in [-0.3, -0.25) is 4.79 Å². The van der Waals surface area contributed by atoms with Gasteiger partial charge in [0.1, 0.15) is 0 Å². The van der Waals surface area contributed by atoms with Gasteiger partial charge in [0.25, 0.3) is 0 Å². The van der Waals surface area contributed by atoms with Crippen molar-refractivity contribution in [1.82, 2.24) is 5.32 Å². The molecule has 1 amide bonds. The summed E-state index contributed by atoms with van der Waals surface area (Å²) in [5.41, 5.74) is 6.30. The summed E-state index contributed by atoms with van der Waals surface area (Å²) >= 11 is 0. The molecule has 0 bridgehead atoms. The van der Waals surface area contributed by atoms with Crippen LogP contribution >= 0.6 is 0 Å². The third-order valence-corrected chi connectivity index (χ3v) is 4.56. The fraction of sp³-hybridized carbons (Fsp3) is 0.769. The maximum absolute atomic E-state index is 11.6. The zero-order chi connectivity index (χ0) is 12.6. The first kappa shape index (κ1) is 13.2. The second-order valence-corrected chi connectivity index (χ2v) is 5.87. The summed E-state index contributed by atoms with van der Waals surface area (Å²) < 4.78 is 0. The van der Waals surface area contributed by atoms with Crippen molar-refractivity contribution in [3.8, 4) is 0 Å². The average Bonchev–Trinajstić information content (AvgIpc) is 2.55. The van der Waals surface area contributed by atoms with Gasteiger partial charge in [-0.15, -0.1) is 6.58 Å². The zero-order valence-electron chi connectivity index (χ0n) is 10.8. The SMILES string of the molecule is C=CCC(N)C(=O)NCC1C(C)(C)C1(C)C. The quantitative estimate of drug-likeness (QED) is 0.698. The molecule has 0 spiro atoms. The number of amides is 1. The number of carbonyl (C=O) groups is 1. The van der Waals surface area contributed by atoms with Crippen molar-refractivity contribution in [2.45, 2.75) is 40.2 Å². The molecule has 3 heteroatoms. The van der Waals surface area contributed by atoms with Crippen LogP contribution in [0.25, 0.3) is 0 Å². The first-order valence-electron chi connectivity index (χ1n) is 5.89. The van der Waals surface area contributed by atoms with Crippen LogP contribution < -0.4 is 11.1 Å². The van der Waals surface area contributed by atoms with Crippen molar-refractivity contribution in [2.24, 2.45) is 22.5 Å². The smallest absolute Gasteiger partial charge is 0.237 e. The van der Waals surface area contributed by atoms with E-state index in [0.717, 1.165) is 6.54 Å². The van der Waals surface area contributed by atoms with Gasteiger partial charge in [-0.05, 0) is 23.2 Å². The van der Waals surface area contributed by atoms with E-state index in [-0.39, 0.29) is 5.91 Å². The van der Waals surface area contributed by atoms with E-state index in [1.54, 1.807) is 6.08 Å². The van der Waals surface area contributed by atoms with Gasteiger partial charge in [-0.2, -0.15) is 0 Å². The zero-order valence-corrected chi connectivity index (χ0v) is 10.8. The molecule has 3 N–H and O–H groups in total. The highest BCUT2D eigenvalue weighted by atomic mass is 16.2. The standard InChI is InChI=1S/C13H24N2O/c1-6-7-9(14)11(16)15-8-10-12(2,3)13(10,4)5/h6,9-10H,1,7-8,14H2,2-5H3,(H,15,16). The van der Waals surface area contributed by atoms with Gasteiger partial charge in [-0.1, -0.05) is 33.8 Å². The average molecular weight is 224 g/mol. The van der Waals surface area contributed by atoms with Crippen molar-refractivity contribution in [3.05, 3.63) is 12.7 Å². The maximum Gasteiger partial charge on any atom is 0.237 e. The number of carbonyl (C=O) groups excluding carboxylic acids is 1. The Kier molecular flexibility index (Phi) is 3.48. The van der Waals surface area contributed by atoms with Gasteiger partial charge >= 0.3 is 0 Å². The van der Waals surface area contributed by atoms with Gasteiger partial charge in [-0.25, -0.2) is 0 Å². The molecule has 0 aromatic rings. The van der Waals surface area contributed by atoms with Gasteiger partial charge in [0.15, 0.2) is 0 Å². The van der Waals surface area contributed by atoms with Crippen LogP contribution in [0.15, 0.2) is 12.7 Å². The van der Waals surface area contributed by atoms with Gasteiger partial charge < -0.3 is 11.1 Å². The molecule has 3 nitrogen and oxygen atoms in total. The number of nitrogens with one attached hydrogen (secondary N) is 1. The van der Waals surface area contributed by atoms with E-state index in [4.69, 9.17) is 5.73 Å². The molecule has 0 saturated heterocycles. The molecule has 0 aromatic heterocycles. The molecule has 1 saturated carbocycles. The van der Waals surface area contributed by atoms with E-state index in [9.17, 15) is 4.79 Å². The Morgan fingerprint density at radius 2 is 1.94 bits per heavy atom. The Balaban J connectivity index is 2.37. The Hall–Kier alpha value is -0.830. The number of rotatable bonds is 5. The van der Waals surface area contributed by atoms with Gasteiger partial charge in [0.2, 0.25) is 5.91 Å². The molecular weight excluding hydrogens is 200 g/mol. The topological polar surface area (TPSA) is 55.1 Å². The van der Waals surface area contributed by atoms with Gasteiger partial charge in [0.05, 0.1) is 6.04 Å². The minimum absolute atomic E-state index is 0.0709. The highest BCUT2D eigenvalue weighted by molar-refractivity contribution is 5.81. The Morgan fingerprint density at radius 3 is 2.31 bits per heavy atom. The molecule has 1 fully saturated rings. The molecule has 0 radical (unpaired) electrons. The fourth-order valence-corrected chi connectivity index (χ4v) is 2.46. The highest BCUT2D eigenvalue weighted by Crippen LogP contribution is 2.67. The molecule has 0 aliphatic heterocycles. The second-order valence-electron chi connectivity index (χ2n) is 5.87. The van der Waals surface area contributed by atoms with E-state index < -0.39 is 6.04 Å². The summed E-state index contributed by atoms with van der Waals surface area (Å²) in [6.07, 6.45) is 2.21. The Labute approximate surface area is 98.5 Å². The molecule has 0 heterocycles. The fourth-order valence-electron chi connectivity index (χ4n) is 2.46. The Bertz CT molecular complexity index is 280. The molecule has 1 aliphatic carbocycles. The summed E-state index contributed by atoms with van der Waals surface area (Å²) in [5, 5.41) is 2.93. The van der Waals surface area contributed by atoms with E-state index in [1.165, 1.54) is 0 Å². The van der Waals surface area contributed by atoms with Gasteiger partial charge in [0, 0.05) is 6.54 Å². The van der Waals surface area contributed by atoms with Crippen molar-refractivity contribution in [2.75, 3.05) is 6.54 Å². The first-order valence-corrected chi connectivity index (χ1v) is 5.89. The lowest BCUT2D eigenvalue weighted by molar-refractivity contribution is -0.122. The molecule has 1 aliphatic rings. The van der Waals surface area contributed by atoms with Crippen molar-refractivity contribution >= 4 is 5.91 Å². The van der Waals surface area contributed by atoms with E-state index in [1.807, 2.05) is 0 Å². The van der Waals surface area contributed by atoms with Crippen molar-refractivity contribution in [1.29, 1.82) is 0 Å². The van der Waals surface area contributed by atoms with Crippen molar-refractivity contribution in [3.63, 3.8) is 0 Å². The predicted molar refractivity (Wildman–Crippen MR) is 66.9 cm³/mol. The highest BCUT2D eigenvalue weighted by Gasteiger charge is 2.64. The van der Waals surface area contributed by atoms with Crippen molar-refractivity contribution < 1.29 is 4.79 Å². The third-order valence-electron chi connectivity index (χ3n) is 4.56. The molecule has 0 aromatic carbocycles. The lowest BCUT2D eigenvalue weighted by Gasteiger charge is -2.10.